The van der Waals surface area contributed by atoms with Crippen LogP contribution < -0.4 is 14.9 Å². The van der Waals surface area contributed by atoms with Crippen molar-refractivity contribution in [1.29, 1.82) is 0 Å². The number of nitrogens with zero attached hydrogens (tertiary/aromatic N) is 2. The highest BCUT2D eigenvalue weighted by Gasteiger charge is 2.19. The summed E-state index contributed by atoms with van der Waals surface area (Å²) >= 11 is 1.34. The lowest BCUT2D eigenvalue weighted by atomic mass is 10.1. The topological polar surface area (TPSA) is 32.5 Å². The first-order chi connectivity index (χ1) is 11.3. The smallest absolute Gasteiger partial charge is 0.0518 e. The van der Waals surface area contributed by atoms with E-state index in [0.29, 0.717) is 0 Å². The molecule has 3 nitrogen and oxygen atoms in total. The second-order valence-corrected chi connectivity index (χ2v) is 6.65. The molecule has 0 radical (unpaired) electrons. The number of rotatable bonds is 5. The molecule has 23 heavy (non-hydrogen) atoms. The second-order valence-electron chi connectivity index (χ2n) is 5.98. The normalized spacial score (nSPS) is 15.0. The van der Waals surface area contributed by atoms with Crippen LogP contribution in [-0.4, -0.2) is 26.2 Å². The summed E-state index contributed by atoms with van der Waals surface area (Å²) in [5, 5.41) is 5.79. The van der Waals surface area contributed by atoms with Crippen molar-refractivity contribution in [3.63, 3.8) is 0 Å². The van der Waals surface area contributed by atoms with Gasteiger partial charge in [0.25, 0.3) is 0 Å². The molecule has 0 amide bonds. The fourth-order valence-corrected chi connectivity index (χ4v) is 3.66. The highest BCUT2D eigenvalue weighted by Crippen LogP contribution is 2.28. The number of para-hydroxylation sites is 1. The van der Waals surface area contributed by atoms with Gasteiger partial charge in [0.1, 0.15) is 0 Å². The van der Waals surface area contributed by atoms with Crippen molar-refractivity contribution in [3.05, 3.63) is 54.1 Å². The van der Waals surface area contributed by atoms with Gasteiger partial charge in [0, 0.05) is 36.8 Å². The van der Waals surface area contributed by atoms with Crippen molar-refractivity contribution >= 4 is 23.3 Å². The molecule has 2 aromatic carbocycles. The van der Waals surface area contributed by atoms with Crippen molar-refractivity contribution in [2.75, 3.05) is 36.0 Å². The zero-order valence-corrected chi connectivity index (χ0v) is 14.6. The Bertz CT molecular complexity index is 619. The highest BCUT2D eigenvalue weighted by molar-refractivity contribution is 7.97. The molecule has 1 fully saturated rings. The fraction of sp³-hybridized carbons (Fsp3) is 0.368. The van der Waals surface area contributed by atoms with Gasteiger partial charge in [0.05, 0.1) is 5.69 Å². The first-order valence-electron chi connectivity index (χ1n) is 8.36. The molecule has 3 rings (SSSR count). The fourth-order valence-electron chi connectivity index (χ4n) is 3.19. The molecule has 2 aromatic rings. The molecule has 0 unspecified atom stereocenters. The minimum absolute atomic E-state index is 1.04. The zero-order valence-electron chi connectivity index (χ0n) is 13.7. The molecule has 0 saturated carbocycles. The maximum atomic E-state index is 5.79. The Kier molecular flexibility index (Phi) is 5.47. The summed E-state index contributed by atoms with van der Waals surface area (Å²) in [6.07, 6.45) is 2.37. The van der Waals surface area contributed by atoms with E-state index in [9.17, 15) is 0 Å². The molecule has 0 spiro atoms. The molecule has 4 heteroatoms. The van der Waals surface area contributed by atoms with E-state index in [-0.39, 0.29) is 0 Å². The SMILES string of the molecule is CCCc1ccc(N2CCN(c3ccccc3SN)CC2)cc1. The summed E-state index contributed by atoms with van der Waals surface area (Å²) in [5.41, 5.74) is 4.03. The quantitative estimate of drug-likeness (QED) is 0.843. The van der Waals surface area contributed by atoms with Crippen molar-refractivity contribution in [1.82, 2.24) is 0 Å². The summed E-state index contributed by atoms with van der Waals surface area (Å²) < 4.78 is 0. The minimum Gasteiger partial charge on any atom is -0.368 e. The number of benzene rings is 2. The predicted molar refractivity (Wildman–Crippen MR) is 101 cm³/mol. The van der Waals surface area contributed by atoms with Gasteiger partial charge < -0.3 is 9.80 Å². The Hall–Kier alpha value is -1.65. The van der Waals surface area contributed by atoms with Gasteiger partial charge >= 0.3 is 0 Å². The Morgan fingerprint density at radius 1 is 0.913 bits per heavy atom. The number of piperazine rings is 1. The molecule has 1 aliphatic heterocycles. The molecule has 0 bridgehead atoms. The van der Waals surface area contributed by atoms with E-state index in [4.69, 9.17) is 5.14 Å². The predicted octanol–water partition coefficient (Wildman–Crippen LogP) is 3.93. The van der Waals surface area contributed by atoms with Gasteiger partial charge in [-0.1, -0.05) is 37.6 Å². The number of hydrogen-bond donors (Lipinski definition) is 1. The first kappa shape index (κ1) is 16.2. The van der Waals surface area contributed by atoms with Crippen LogP contribution in [0.2, 0.25) is 0 Å². The molecular formula is C19H25N3S. The van der Waals surface area contributed by atoms with Crippen LogP contribution >= 0.6 is 11.9 Å². The molecular weight excluding hydrogens is 302 g/mol. The monoisotopic (exact) mass is 327 g/mol. The Balaban J connectivity index is 1.64. The minimum atomic E-state index is 1.04. The van der Waals surface area contributed by atoms with E-state index in [1.54, 1.807) is 0 Å². The van der Waals surface area contributed by atoms with Crippen molar-refractivity contribution < 1.29 is 0 Å². The lowest BCUT2D eigenvalue weighted by Gasteiger charge is -2.38. The summed E-state index contributed by atoms with van der Waals surface area (Å²) in [5.74, 6) is 0. The molecule has 0 atom stereocenters. The Morgan fingerprint density at radius 2 is 1.57 bits per heavy atom. The van der Waals surface area contributed by atoms with Crippen LogP contribution in [0.3, 0.4) is 0 Å². The maximum Gasteiger partial charge on any atom is 0.0518 e. The van der Waals surface area contributed by atoms with Gasteiger partial charge in [0.2, 0.25) is 0 Å². The third-order valence-corrected chi connectivity index (χ3v) is 5.05. The van der Waals surface area contributed by atoms with Gasteiger partial charge in [-0.2, -0.15) is 0 Å². The lowest BCUT2D eigenvalue weighted by molar-refractivity contribution is 0.650. The van der Waals surface area contributed by atoms with E-state index < -0.39 is 0 Å². The summed E-state index contributed by atoms with van der Waals surface area (Å²) in [4.78, 5) is 6.08. The molecule has 1 aliphatic rings. The van der Waals surface area contributed by atoms with E-state index in [2.05, 4.69) is 59.2 Å². The molecule has 2 N–H and O–H groups in total. The van der Waals surface area contributed by atoms with Gasteiger partial charge in [0.15, 0.2) is 0 Å². The maximum absolute atomic E-state index is 5.79. The molecule has 1 saturated heterocycles. The van der Waals surface area contributed by atoms with Gasteiger partial charge in [-0.3, -0.25) is 5.14 Å². The van der Waals surface area contributed by atoms with E-state index in [0.717, 1.165) is 31.1 Å². The standard InChI is InChI=1S/C19H25N3S/c1-2-5-16-8-10-17(11-9-16)21-12-14-22(15-13-21)18-6-3-4-7-19(18)23-20/h3-4,6-11H,2,5,12-15,20H2,1H3. The zero-order chi connectivity index (χ0) is 16.1. The van der Waals surface area contributed by atoms with Crippen LogP contribution in [0.5, 0.6) is 0 Å². The third-order valence-electron chi connectivity index (χ3n) is 4.45. The summed E-state index contributed by atoms with van der Waals surface area (Å²) in [6, 6.07) is 17.5. The van der Waals surface area contributed by atoms with Crippen molar-refractivity contribution in [3.8, 4) is 0 Å². The first-order valence-corrected chi connectivity index (χ1v) is 9.24. The van der Waals surface area contributed by atoms with Crippen LogP contribution in [0.25, 0.3) is 0 Å². The van der Waals surface area contributed by atoms with Crippen LogP contribution in [0.1, 0.15) is 18.9 Å². The molecule has 0 aromatic heterocycles. The average Bonchev–Trinajstić information content (AvgIpc) is 2.63. The highest BCUT2D eigenvalue weighted by atomic mass is 32.2. The number of nitrogens with two attached hydrogens (primary N) is 1. The van der Waals surface area contributed by atoms with Gasteiger partial charge in [-0.05, 0) is 48.2 Å². The molecule has 122 valence electrons. The van der Waals surface area contributed by atoms with E-state index in [1.807, 2.05) is 6.07 Å². The van der Waals surface area contributed by atoms with Crippen molar-refractivity contribution in [2.45, 2.75) is 24.7 Å². The summed E-state index contributed by atoms with van der Waals surface area (Å²) in [6.45, 7) is 6.40. The average molecular weight is 327 g/mol. The van der Waals surface area contributed by atoms with Crippen molar-refractivity contribution in [2.24, 2.45) is 5.14 Å². The second kappa shape index (κ2) is 7.75. The Morgan fingerprint density at radius 3 is 2.22 bits per heavy atom. The molecule has 0 aliphatic carbocycles. The largest absolute Gasteiger partial charge is 0.368 e. The van der Waals surface area contributed by atoms with Crippen LogP contribution in [-0.2, 0) is 6.42 Å². The molecule has 1 heterocycles. The van der Waals surface area contributed by atoms with E-state index >= 15 is 0 Å². The van der Waals surface area contributed by atoms with Crippen LogP contribution in [0.15, 0.2) is 53.4 Å². The van der Waals surface area contributed by atoms with Gasteiger partial charge in [-0.25, -0.2) is 0 Å². The lowest BCUT2D eigenvalue weighted by Crippen LogP contribution is -2.46. The van der Waals surface area contributed by atoms with Crippen LogP contribution in [0.4, 0.5) is 11.4 Å². The van der Waals surface area contributed by atoms with Gasteiger partial charge in [-0.15, -0.1) is 0 Å². The summed E-state index contributed by atoms with van der Waals surface area (Å²) in [7, 11) is 0. The third kappa shape index (κ3) is 3.82. The number of hydrogen-bond acceptors (Lipinski definition) is 4. The Labute approximate surface area is 143 Å². The van der Waals surface area contributed by atoms with E-state index in [1.165, 1.54) is 41.7 Å². The number of aryl methyl sites for hydroxylation is 1. The number of anilines is 2. The van der Waals surface area contributed by atoms with Crippen LogP contribution in [0, 0.1) is 0 Å².